The van der Waals surface area contributed by atoms with Crippen LogP contribution in [0.15, 0.2) is 24.3 Å². The molecule has 3 aliphatic heterocycles. The smallest absolute Gasteiger partial charge is 0.249 e. The molecule has 1 aromatic carbocycles. The number of nitrogens with one attached hydrogen (secondary N) is 1. The van der Waals surface area contributed by atoms with E-state index in [1.807, 2.05) is 31.2 Å². The average Bonchev–Trinajstić information content (AvgIpc) is 3.21. The summed E-state index contributed by atoms with van der Waals surface area (Å²) in [6, 6.07) is 7.56. The second-order valence-electron chi connectivity index (χ2n) is 7.24. The largest absolute Gasteiger partial charge is 0.374 e. The maximum absolute atomic E-state index is 12.8. The first-order valence-electron chi connectivity index (χ1n) is 8.96. The number of carbonyl (C=O) groups excluding carboxylic acids is 2. The van der Waals surface area contributed by atoms with Crippen LogP contribution in [0.25, 0.3) is 0 Å². The van der Waals surface area contributed by atoms with Gasteiger partial charge in [-0.1, -0.05) is 17.7 Å². The molecule has 4 rings (SSSR count). The number of benzene rings is 1. The molecular weight excluding hydrogens is 304 g/mol. The first-order valence-corrected chi connectivity index (χ1v) is 8.96. The topological polar surface area (TPSA) is 58.6 Å². The number of carbonyl (C=O) groups is 2. The van der Waals surface area contributed by atoms with E-state index in [4.69, 9.17) is 4.74 Å². The monoisotopic (exact) mass is 328 g/mol. The Morgan fingerprint density at radius 1 is 1.21 bits per heavy atom. The summed E-state index contributed by atoms with van der Waals surface area (Å²) >= 11 is 0. The third-order valence-corrected chi connectivity index (χ3v) is 5.54. The highest BCUT2D eigenvalue weighted by molar-refractivity contribution is 6.00. The van der Waals surface area contributed by atoms with Crippen molar-refractivity contribution in [1.29, 1.82) is 0 Å². The highest BCUT2D eigenvalue weighted by Gasteiger charge is 2.45. The lowest BCUT2D eigenvalue weighted by Crippen LogP contribution is -2.54. The maximum Gasteiger partial charge on any atom is 0.249 e. The first-order chi connectivity index (χ1) is 11.6. The molecule has 1 aromatic rings. The van der Waals surface area contributed by atoms with Crippen molar-refractivity contribution in [3.8, 4) is 0 Å². The van der Waals surface area contributed by atoms with Crippen LogP contribution in [0.5, 0.6) is 0 Å². The van der Waals surface area contributed by atoms with Gasteiger partial charge in [-0.15, -0.1) is 0 Å². The van der Waals surface area contributed by atoms with Crippen molar-refractivity contribution in [3.05, 3.63) is 29.8 Å². The normalized spacial score (nSPS) is 32.2. The van der Waals surface area contributed by atoms with E-state index in [1.165, 1.54) is 5.56 Å². The summed E-state index contributed by atoms with van der Waals surface area (Å²) in [5.41, 5.74) is 2.08. The van der Waals surface area contributed by atoms with Gasteiger partial charge < -0.3 is 15.0 Å². The number of nitrogens with zero attached hydrogens (tertiary/aromatic N) is 1. The van der Waals surface area contributed by atoms with Crippen LogP contribution in [0.2, 0.25) is 0 Å². The van der Waals surface area contributed by atoms with Gasteiger partial charge in [-0.2, -0.15) is 0 Å². The molecule has 3 saturated heterocycles. The van der Waals surface area contributed by atoms with Gasteiger partial charge in [0.05, 0.1) is 18.1 Å². The van der Waals surface area contributed by atoms with Gasteiger partial charge in [-0.3, -0.25) is 9.59 Å². The Morgan fingerprint density at radius 2 is 2.00 bits per heavy atom. The molecule has 128 valence electrons. The summed E-state index contributed by atoms with van der Waals surface area (Å²) in [5, 5.41) is 3.00. The quantitative estimate of drug-likeness (QED) is 0.925. The second-order valence-corrected chi connectivity index (χ2v) is 7.24. The predicted molar refractivity (Wildman–Crippen MR) is 90.7 cm³/mol. The zero-order valence-electron chi connectivity index (χ0n) is 14.0. The molecule has 5 nitrogen and oxygen atoms in total. The van der Waals surface area contributed by atoms with E-state index in [0.717, 1.165) is 31.4 Å². The van der Waals surface area contributed by atoms with E-state index < -0.39 is 6.04 Å². The molecule has 0 radical (unpaired) electrons. The lowest BCUT2D eigenvalue weighted by atomic mass is 9.88. The molecule has 24 heavy (non-hydrogen) atoms. The number of aryl methyl sites for hydroxylation is 1. The third-order valence-electron chi connectivity index (χ3n) is 5.54. The van der Waals surface area contributed by atoms with Gasteiger partial charge in [0, 0.05) is 12.2 Å². The third kappa shape index (κ3) is 2.81. The van der Waals surface area contributed by atoms with Crippen molar-refractivity contribution in [2.45, 2.75) is 57.3 Å². The molecule has 3 aliphatic rings. The van der Waals surface area contributed by atoms with Crippen molar-refractivity contribution >= 4 is 17.5 Å². The van der Waals surface area contributed by atoms with Crippen LogP contribution in [0.4, 0.5) is 5.69 Å². The maximum atomic E-state index is 12.8. The zero-order chi connectivity index (χ0) is 16.7. The molecule has 0 saturated carbocycles. The molecule has 0 aromatic heterocycles. The van der Waals surface area contributed by atoms with Gasteiger partial charge in [0.25, 0.3) is 0 Å². The Morgan fingerprint density at radius 3 is 2.67 bits per heavy atom. The highest BCUT2D eigenvalue weighted by atomic mass is 16.5. The van der Waals surface area contributed by atoms with Gasteiger partial charge in [0.2, 0.25) is 11.8 Å². The molecule has 4 atom stereocenters. The summed E-state index contributed by atoms with van der Waals surface area (Å²) in [6.07, 6.45) is 4.76. The fraction of sp³-hybridized carbons (Fsp3) is 0.579. The van der Waals surface area contributed by atoms with Crippen molar-refractivity contribution in [2.24, 2.45) is 5.92 Å². The van der Waals surface area contributed by atoms with Crippen molar-refractivity contribution < 1.29 is 14.3 Å². The Bertz CT molecular complexity index is 643. The number of ether oxygens (including phenoxy) is 1. The van der Waals surface area contributed by atoms with Gasteiger partial charge in [0.15, 0.2) is 0 Å². The minimum Gasteiger partial charge on any atom is -0.374 e. The zero-order valence-corrected chi connectivity index (χ0v) is 14.0. The summed E-state index contributed by atoms with van der Waals surface area (Å²) in [7, 11) is 0. The van der Waals surface area contributed by atoms with Gasteiger partial charge in [0.1, 0.15) is 6.04 Å². The van der Waals surface area contributed by atoms with E-state index >= 15 is 0 Å². The van der Waals surface area contributed by atoms with E-state index in [1.54, 1.807) is 4.90 Å². The van der Waals surface area contributed by atoms with Crippen LogP contribution in [-0.2, 0) is 14.3 Å². The van der Waals surface area contributed by atoms with Gasteiger partial charge in [-0.25, -0.2) is 0 Å². The lowest BCUT2D eigenvalue weighted by molar-refractivity contribution is -0.131. The van der Waals surface area contributed by atoms with Crippen molar-refractivity contribution in [1.82, 2.24) is 5.32 Å². The number of anilines is 1. The Balaban J connectivity index is 1.42. The van der Waals surface area contributed by atoms with E-state index in [2.05, 4.69) is 5.32 Å². The number of rotatable bonds is 3. The number of fused-ring (bicyclic) bond motifs is 2. The van der Waals surface area contributed by atoms with Crippen LogP contribution >= 0.6 is 0 Å². The molecular formula is C19H24N2O3. The summed E-state index contributed by atoms with van der Waals surface area (Å²) in [6.45, 7) is 2.74. The summed E-state index contributed by atoms with van der Waals surface area (Å²) < 4.78 is 5.77. The molecule has 3 heterocycles. The molecule has 2 amide bonds. The van der Waals surface area contributed by atoms with Crippen molar-refractivity contribution in [2.75, 3.05) is 11.4 Å². The van der Waals surface area contributed by atoms with Crippen LogP contribution in [-0.4, -0.2) is 36.6 Å². The second kappa shape index (κ2) is 6.20. The average molecular weight is 328 g/mol. The molecule has 3 fully saturated rings. The molecule has 0 unspecified atom stereocenters. The molecule has 5 heteroatoms. The SMILES string of the molecule is Cc1ccc(N2CCC[C@H](NC(=O)[C@H]3C[C@H]4CC[C@H]3O4)C2=O)cc1. The Labute approximate surface area is 142 Å². The first kappa shape index (κ1) is 15.6. The fourth-order valence-electron chi connectivity index (χ4n) is 4.18. The molecule has 0 spiro atoms. The fourth-order valence-corrected chi connectivity index (χ4v) is 4.18. The molecule has 0 aliphatic carbocycles. The number of amides is 2. The lowest BCUT2D eigenvalue weighted by Gasteiger charge is -2.33. The van der Waals surface area contributed by atoms with Crippen LogP contribution in [0.3, 0.4) is 0 Å². The van der Waals surface area contributed by atoms with E-state index in [0.29, 0.717) is 13.0 Å². The van der Waals surface area contributed by atoms with Gasteiger partial charge in [-0.05, 0) is 51.2 Å². The Hall–Kier alpha value is -1.88. The van der Waals surface area contributed by atoms with E-state index in [9.17, 15) is 9.59 Å². The number of hydrogen-bond acceptors (Lipinski definition) is 3. The van der Waals surface area contributed by atoms with E-state index in [-0.39, 0.29) is 29.9 Å². The minimum absolute atomic E-state index is 0.00234. The summed E-state index contributed by atoms with van der Waals surface area (Å²) in [5.74, 6) is -0.0832. The molecule has 2 bridgehead atoms. The van der Waals surface area contributed by atoms with Crippen LogP contribution < -0.4 is 10.2 Å². The van der Waals surface area contributed by atoms with Gasteiger partial charge >= 0.3 is 0 Å². The Kier molecular flexibility index (Phi) is 4.04. The van der Waals surface area contributed by atoms with Crippen LogP contribution in [0, 0.1) is 12.8 Å². The number of piperidine rings is 1. The van der Waals surface area contributed by atoms with Crippen LogP contribution in [0.1, 0.15) is 37.7 Å². The van der Waals surface area contributed by atoms with Crippen molar-refractivity contribution in [3.63, 3.8) is 0 Å². The highest BCUT2D eigenvalue weighted by Crippen LogP contribution is 2.39. The standard InChI is InChI=1S/C19H24N2O3/c1-12-4-6-13(7-5-12)21-10-2-3-16(19(21)23)20-18(22)15-11-14-8-9-17(15)24-14/h4-7,14-17H,2-3,8-11H2,1H3,(H,20,22)/t14-,15+,16+,17-/m1/s1. The molecule has 1 N–H and O–H groups in total. The summed E-state index contributed by atoms with van der Waals surface area (Å²) in [4.78, 5) is 27.2. The predicted octanol–water partition coefficient (Wildman–Crippen LogP) is 2.17. The number of hydrogen-bond donors (Lipinski definition) is 1. The minimum atomic E-state index is -0.410.